The van der Waals surface area contributed by atoms with E-state index in [1.165, 1.54) is 25.7 Å². The molecule has 0 saturated heterocycles. The summed E-state index contributed by atoms with van der Waals surface area (Å²) < 4.78 is 0.804. The Kier molecular flexibility index (Phi) is 4.93. The second-order valence-corrected chi connectivity index (χ2v) is 6.24. The minimum Gasteiger partial charge on any atom is -0.310 e. The second kappa shape index (κ2) is 6.48. The van der Waals surface area contributed by atoms with Gasteiger partial charge in [-0.05, 0) is 30.4 Å². The van der Waals surface area contributed by atoms with Crippen LogP contribution in [-0.2, 0) is 6.54 Å². The molecule has 0 spiro atoms. The van der Waals surface area contributed by atoms with Crippen LogP contribution in [0.3, 0.4) is 0 Å². The molecule has 1 aliphatic carbocycles. The molecule has 0 bridgehead atoms. The average molecular weight is 327 g/mol. The van der Waals surface area contributed by atoms with Crippen LogP contribution in [0.25, 0.3) is 0 Å². The molecule has 0 heterocycles. The van der Waals surface area contributed by atoms with Crippen LogP contribution in [0, 0.1) is 16.0 Å². The Morgan fingerprint density at radius 2 is 2.26 bits per heavy atom. The lowest BCUT2D eigenvalue weighted by molar-refractivity contribution is -0.384. The molecule has 1 aromatic rings. The van der Waals surface area contributed by atoms with Crippen molar-refractivity contribution in [2.75, 3.05) is 0 Å². The monoisotopic (exact) mass is 326 g/mol. The van der Waals surface area contributed by atoms with Gasteiger partial charge in [-0.15, -0.1) is 0 Å². The van der Waals surface area contributed by atoms with Crippen molar-refractivity contribution in [1.82, 2.24) is 5.32 Å². The summed E-state index contributed by atoms with van der Waals surface area (Å²) in [6.45, 7) is 3.06. The maximum atomic E-state index is 10.7. The van der Waals surface area contributed by atoms with E-state index >= 15 is 0 Å². The van der Waals surface area contributed by atoms with Gasteiger partial charge in [0.05, 0.1) is 4.92 Å². The molecule has 1 N–H and O–H groups in total. The lowest BCUT2D eigenvalue weighted by atomic mass is 9.87. The Hall–Kier alpha value is -0.940. The number of nitro benzene ring substituents is 1. The minimum atomic E-state index is -0.370. The topological polar surface area (TPSA) is 55.2 Å². The van der Waals surface area contributed by atoms with Gasteiger partial charge in [0.25, 0.3) is 5.69 Å². The van der Waals surface area contributed by atoms with Crippen LogP contribution in [0.1, 0.15) is 38.2 Å². The molecule has 104 valence electrons. The number of hydrogen-bond acceptors (Lipinski definition) is 3. The molecule has 0 amide bonds. The third-order valence-electron chi connectivity index (χ3n) is 3.77. The van der Waals surface area contributed by atoms with Gasteiger partial charge in [-0.2, -0.15) is 0 Å². The number of nitrogens with zero attached hydrogens (tertiary/aromatic N) is 1. The van der Waals surface area contributed by atoms with E-state index in [9.17, 15) is 10.1 Å². The lowest BCUT2D eigenvalue weighted by Gasteiger charge is -2.27. The summed E-state index contributed by atoms with van der Waals surface area (Å²) in [5.74, 6) is 0.798. The van der Waals surface area contributed by atoms with E-state index in [0.717, 1.165) is 22.5 Å². The fourth-order valence-electron chi connectivity index (χ4n) is 2.67. The van der Waals surface area contributed by atoms with E-state index in [0.29, 0.717) is 6.04 Å². The molecular weight excluding hydrogens is 308 g/mol. The van der Waals surface area contributed by atoms with Gasteiger partial charge < -0.3 is 5.32 Å². The quantitative estimate of drug-likeness (QED) is 0.671. The number of nitrogens with one attached hydrogen (secondary N) is 1. The standard InChI is InChI=1S/C14H19BrN2O2/c1-10-3-2-4-12(7-10)16-9-11-5-6-13(17(18)19)8-14(11)15/h5-6,8,10,12,16H,2-4,7,9H2,1H3. The number of halogens is 1. The van der Waals surface area contributed by atoms with Crippen LogP contribution in [0.5, 0.6) is 0 Å². The Balaban J connectivity index is 1.94. The minimum absolute atomic E-state index is 0.127. The second-order valence-electron chi connectivity index (χ2n) is 5.38. The molecule has 0 radical (unpaired) electrons. The van der Waals surface area contributed by atoms with Crippen molar-refractivity contribution < 1.29 is 4.92 Å². The summed E-state index contributed by atoms with van der Waals surface area (Å²) in [4.78, 5) is 10.3. The maximum Gasteiger partial charge on any atom is 0.270 e. The van der Waals surface area contributed by atoms with Crippen LogP contribution in [0.15, 0.2) is 22.7 Å². The number of rotatable bonds is 4. The summed E-state index contributed by atoms with van der Waals surface area (Å²) in [5.41, 5.74) is 1.20. The molecule has 1 aliphatic rings. The van der Waals surface area contributed by atoms with Gasteiger partial charge in [-0.25, -0.2) is 0 Å². The summed E-state index contributed by atoms with van der Waals surface area (Å²) in [6.07, 6.45) is 5.08. The van der Waals surface area contributed by atoms with E-state index in [-0.39, 0.29) is 10.6 Å². The molecule has 1 saturated carbocycles. The molecule has 4 nitrogen and oxygen atoms in total. The van der Waals surface area contributed by atoms with Gasteiger partial charge in [-0.3, -0.25) is 10.1 Å². The zero-order chi connectivity index (χ0) is 13.8. The predicted molar refractivity (Wildman–Crippen MR) is 79.1 cm³/mol. The molecule has 19 heavy (non-hydrogen) atoms. The largest absolute Gasteiger partial charge is 0.310 e. The molecule has 0 aromatic heterocycles. The summed E-state index contributed by atoms with van der Waals surface area (Å²) in [6, 6.07) is 5.53. The number of non-ortho nitro benzene ring substituents is 1. The molecule has 0 aliphatic heterocycles. The first-order valence-electron chi connectivity index (χ1n) is 6.72. The normalized spacial score (nSPS) is 23.3. The van der Waals surface area contributed by atoms with E-state index in [4.69, 9.17) is 0 Å². The number of hydrogen-bond donors (Lipinski definition) is 1. The maximum absolute atomic E-state index is 10.7. The Morgan fingerprint density at radius 3 is 2.89 bits per heavy atom. The van der Waals surface area contributed by atoms with Crippen LogP contribution >= 0.6 is 15.9 Å². The molecule has 1 fully saturated rings. The molecular formula is C14H19BrN2O2. The van der Waals surface area contributed by atoms with Crippen molar-refractivity contribution in [2.24, 2.45) is 5.92 Å². The highest BCUT2D eigenvalue weighted by Gasteiger charge is 2.18. The first-order valence-corrected chi connectivity index (χ1v) is 7.51. The van der Waals surface area contributed by atoms with Crippen molar-refractivity contribution in [3.8, 4) is 0 Å². The first kappa shape index (κ1) is 14.5. The van der Waals surface area contributed by atoms with Crippen molar-refractivity contribution in [3.05, 3.63) is 38.3 Å². The third kappa shape index (κ3) is 4.01. The summed E-state index contributed by atoms with van der Waals surface area (Å²) in [5, 5.41) is 14.2. The number of nitro groups is 1. The zero-order valence-electron chi connectivity index (χ0n) is 11.1. The summed E-state index contributed by atoms with van der Waals surface area (Å²) >= 11 is 3.41. The highest BCUT2D eigenvalue weighted by molar-refractivity contribution is 9.10. The highest BCUT2D eigenvalue weighted by atomic mass is 79.9. The van der Waals surface area contributed by atoms with Crippen LogP contribution in [-0.4, -0.2) is 11.0 Å². The lowest BCUT2D eigenvalue weighted by Crippen LogP contribution is -2.33. The van der Waals surface area contributed by atoms with E-state index in [1.807, 2.05) is 6.07 Å². The van der Waals surface area contributed by atoms with Gasteiger partial charge in [0.2, 0.25) is 0 Å². The van der Waals surface area contributed by atoms with Gasteiger partial charge in [-0.1, -0.05) is 35.7 Å². The van der Waals surface area contributed by atoms with E-state index in [2.05, 4.69) is 28.2 Å². The van der Waals surface area contributed by atoms with Gasteiger partial charge in [0.1, 0.15) is 0 Å². The molecule has 2 atom stereocenters. The van der Waals surface area contributed by atoms with Crippen LogP contribution < -0.4 is 5.32 Å². The van der Waals surface area contributed by atoms with Gasteiger partial charge in [0, 0.05) is 29.2 Å². The van der Waals surface area contributed by atoms with Crippen molar-refractivity contribution >= 4 is 21.6 Å². The smallest absolute Gasteiger partial charge is 0.270 e. The van der Waals surface area contributed by atoms with Crippen molar-refractivity contribution in [3.63, 3.8) is 0 Å². The molecule has 2 unspecified atom stereocenters. The van der Waals surface area contributed by atoms with Crippen LogP contribution in [0.2, 0.25) is 0 Å². The van der Waals surface area contributed by atoms with Gasteiger partial charge in [0.15, 0.2) is 0 Å². The summed E-state index contributed by atoms with van der Waals surface area (Å²) in [7, 11) is 0. The third-order valence-corrected chi connectivity index (χ3v) is 4.50. The first-order chi connectivity index (χ1) is 9.06. The van der Waals surface area contributed by atoms with Gasteiger partial charge >= 0.3 is 0 Å². The van der Waals surface area contributed by atoms with Crippen LogP contribution in [0.4, 0.5) is 5.69 Å². The molecule has 2 rings (SSSR count). The predicted octanol–water partition coefficient (Wildman–Crippen LogP) is 4.03. The SMILES string of the molecule is CC1CCCC(NCc2ccc([N+](=O)[O-])cc2Br)C1. The van der Waals surface area contributed by atoms with E-state index < -0.39 is 0 Å². The Bertz CT molecular complexity index is 465. The molecule has 5 heteroatoms. The number of benzene rings is 1. The molecule has 1 aromatic carbocycles. The van der Waals surface area contributed by atoms with E-state index in [1.54, 1.807) is 12.1 Å². The Morgan fingerprint density at radius 1 is 1.47 bits per heavy atom. The fraction of sp³-hybridized carbons (Fsp3) is 0.571. The van der Waals surface area contributed by atoms with Crippen molar-refractivity contribution in [1.29, 1.82) is 0 Å². The fourth-order valence-corrected chi connectivity index (χ4v) is 3.17. The van der Waals surface area contributed by atoms with Crippen molar-refractivity contribution in [2.45, 2.75) is 45.2 Å². The highest BCUT2D eigenvalue weighted by Crippen LogP contribution is 2.26. The average Bonchev–Trinajstić information content (AvgIpc) is 2.37. The Labute approximate surface area is 121 Å². The zero-order valence-corrected chi connectivity index (χ0v) is 12.6.